The number of nitrogens with one attached hydrogen (secondary N) is 2. The van der Waals surface area contributed by atoms with Crippen LogP contribution in [0.3, 0.4) is 0 Å². The minimum absolute atomic E-state index is 0.0814. The summed E-state index contributed by atoms with van der Waals surface area (Å²) in [4.78, 5) is 31.9. The van der Waals surface area contributed by atoms with E-state index in [0.29, 0.717) is 32.2 Å². The zero-order chi connectivity index (χ0) is 27.1. The number of aryl methyl sites for hydroxylation is 1. The quantitative estimate of drug-likeness (QED) is 0.299. The largest absolute Gasteiger partial charge is 0.467 e. The highest BCUT2D eigenvalue weighted by Crippen LogP contribution is 2.25. The van der Waals surface area contributed by atoms with Crippen molar-refractivity contribution >= 4 is 40.9 Å². The van der Waals surface area contributed by atoms with Crippen molar-refractivity contribution in [1.82, 2.24) is 15.2 Å². The molecular formula is C27H34Cl2N4O5. The molecule has 1 unspecified atom stereocenters. The summed E-state index contributed by atoms with van der Waals surface area (Å²) >= 11 is 12.3. The number of ether oxygens (including phenoxy) is 3. The summed E-state index contributed by atoms with van der Waals surface area (Å²) in [6.07, 6.45) is 2.78. The number of rotatable bonds is 12. The lowest BCUT2D eigenvalue weighted by molar-refractivity contribution is -0.144. The molecule has 1 aromatic carbocycles. The Morgan fingerprint density at radius 1 is 1.18 bits per heavy atom. The number of nitrogens with zero attached hydrogens (tertiary/aromatic N) is 2. The fourth-order valence-electron chi connectivity index (χ4n) is 4.77. The van der Waals surface area contributed by atoms with Crippen LogP contribution in [-0.4, -0.2) is 87.5 Å². The van der Waals surface area contributed by atoms with Crippen LogP contribution in [0.4, 0.5) is 5.82 Å². The predicted octanol–water partition coefficient (Wildman–Crippen LogP) is 3.22. The van der Waals surface area contributed by atoms with Crippen LogP contribution in [0.2, 0.25) is 10.0 Å². The molecule has 4 rings (SSSR count). The van der Waals surface area contributed by atoms with Crippen LogP contribution >= 0.6 is 23.2 Å². The molecule has 3 heterocycles. The van der Waals surface area contributed by atoms with E-state index in [1.165, 1.54) is 12.7 Å². The van der Waals surface area contributed by atoms with Crippen molar-refractivity contribution in [1.29, 1.82) is 0 Å². The van der Waals surface area contributed by atoms with Gasteiger partial charge in [-0.25, -0.2) is 9.78 Å². The first-order chi connectivity index (χ1) is 18.4. The number of methoxy groups -OCH3 is 2. The molecule has 0 radical (unpaired) electrons. The number of likely N-dealkylation sites (tertiary alicyclic amines) is 1. The SMILES string of the molecule is COCC1CNc2nc(CCCOC3CN(C[C@H](NC(=O)c4c(Cl)cccc4Cl)C(=O)OC)C3)ccc2C1. The van der Waals surface area contributed by atoms with Crippen LogP contribution in [0.15, 0.2) is 30.3 Å². The average Bonchev–Trinajstić information content (AvgIpc) is 2.88. The molecule has 0 spiro atoms. The molecule has 0 saturated carbocycles. The topological polar surface area (TPSA) is 102 Å². The number of halogens is 2. The minimum atomic E-state index is -0.853. The summed E-state index contributed by atoms with van der Waals surface area (Å²) in [5.74, 6) is 0.405. The number of hydrogen-bond donors (Lipinski definition) is 2. The zero-order valence-electron chi connectivity index (χ0n) is 21.7. The molecule has 9 nitrogen and oxygen atoms in total. The van der Waals surface area contributed by atoms with Crippen molar-refractivity contribution in [3.05, 3.63) is 57.2 Å². The molecule has 1 fully saturated rings. The van der Waals surface area contributed by atoms with Gasteiger partial charge in [-0.1, -0.05) is 35.3 Å². The van der Waals surface area contributed by atoms with E-state index in [1.54, 1.807) is 25.3 Å². The first-order valence-corrected chi connectivity index (χ1v) is 13.5. The van der Waals surface area contributed by atoms with E-state index in [9.17, 15) is 9.59 Å². The van der Waals surface area contributed by atoms with Gasteiger partial charge < -0.3 is 24.8 Å². The van der Waals surface area contributed by atoms with Gasteiger partial charge >= 0.3 is 5.97 Å². The van der Waals surface area contributed by atoms with Crippen molar-refractivity contribution in [2.24, 2.45) is 5.92 Å². The van der Waals surface area contributed by atoms with E-state index < -0.39 is 17.9 Å². The maximum atomic E-state index is 12.7. The maximum Gasteiger partial charge on any atom is 0.329 e. The van der Waals surface area contributed by atoms with Gasteiger partial charge in [0.25, 0.3) is 5.91 Å². The minimum Gasteiger partial charge on any atom is -0.467 e. The number of carbonyl (C=O) groups is 2. The lowest BCUT2D eigenvalue weighted by Crippen LogP contribution is -2.58. The molecule has 38 heavy (non-hydrogen) atoms. The third kappa shape index (κ3) is 7.36. The van der Waals surface area contributed by atoms with E-state index in [2.05, 4.69) is 22.8 Å². The molecule has 1 amide bonds. The molecule has 2 aliphatic heterocycles. The van der Waals surface area contributed by atoms with Crippen molar-refractivity contribution in [3.8, 4) is 0 Å². The first-order valence-electron chi connectivity index (χ1n) is 12.8. The van der Waals surface area contributed by atoms with E-state index in [1.807, 2.05) is 4.90 Å². The third-order valence-corrected chi connectivity index (χ3v) is 7.41. The molecule has 1 aromatic heterocycles. The van der Waals surface area contributed by atoms with Gasteiger partial charge in [-0.15, -0.1) is 0 Å². The summed E-state index contributed by atoms with van der Waals surface area (Å²) in [6.45, 7) is 3.90. The number of benzene rings is 1. The normalized spacial score (nSPS) is 18.2. The van der Waals surface area contributed by atoms with Crippen molar-refractivity contribution < 1.29 is 23.8 Å². The Bertz CT molecular complexity index is 1110. The van der Waals surface area contributed by atoms with E-state index in [0.717, 1.165) is 43.9 Å². The molecule has 206 valence electrons. The summed E-state index contributed by atoms with van der Waals surface area (Å²) in [7, 11) is 3.02. The van der Waals surface area contributed by atoms with E-state index in [4.69, 9.17) is 42.4 Å². The Labute approximate surface area is 233 Å². The number of esters is 1. The summed E-state index contributed by atoms with van der Waals surface area (Å²) < 4.78 is 16.2. The fourth-order valence-corrected chi connectivity index (χ4v) is 5.34. The van der Waals surface area contributed by atoms with Crippen molar-refractivity contribution in [2.45, 2.75) is 31.4 Å². The molecule has 0 aliphatic carbocycles. The second kappa shape index (κ2) is 13.6. The third-order valence-electron chi connectivity index (χ3n) is 6.78. The van der Waals surface area contributed by atoms with E-state index in [-0.39, 0.29) is 21.7 Å². The number of aromatic nitrogens is 1. The Morgan fingerprint density at radius 2 is 1.95 bits per heavy atom. The highest BCUT2D eigenvalue weighted by Gasteiger charge is 2.33. The van der Waals surface area contributed by atoms with E-state index >= 15 is 0 Å². The molecule has 2 atom stereocenters. The van der Waals surface area contributed by atoms with Crippen LogP contribution in [0, 0.1) is 5.92 Å². The standard InChI is InChI=1S/C27H34Cl2N4O5/c1-36-16-17-11-18-8-9-19(31-25(18)30-12-17)5-4-10-38-20-13-33(14-20)15-23(27(35)37-2)32-26(34)24-21(28)6-3-7-22(24)29/h3,6-9,17,20,23H,4-5,10-16H2,1-2H3,(H,30,31)(H,32,34)/t17?,23-/m0/s1. The summed E-state index contributed by atoms with van der Waals surface area (Å²) in [6, 6.07) is 8.20. The molecule has 11 heteroatoms. The van der Waals surface area contributed by atoms with Crippen LogP contribution in [-0.2, 0) is 31.8 Å². The van der Waals surface area contributed by atoms with Crippen LogP contribution < -0.4 is 10.6 Å². The van der Waals surface area contributed by atoms with Crippen LogP contribution in [0.5, 0.6) is 0 Å². The lowest BCUT2D eigenvalue weighted by atomic mass is 9.96. The average molecular weight is 565 g/mol. The predicted molar refractivity (Wildman–Crippen MR) is 146 cm³/mol. The second-order valence-electron chi connectivity index (χ2n) is 9.68. The highest BCUT2D eigenvalue weighted by molar-refractivity contribution is 6.39. The Balaban J connectivity index is 1.18. The molecular weight excluding hydrogens is 531 g/mol. The zero-order valence-corrected chi connectivity index (χ0v) is 23.2. The maximum absolute atomic E-state index is 12.7. The fraction of sp³-hybridized carbons (Fsp3) is 0.519. The monoisotopic (exact) mass is 564 g/mol. The van der Waals surface area contributed by atoms with Gasteiger partial charge in [0.2, 0.25) is 0 Å². The summed E-state index contributed by atoms with van der Waals surface area (Å²) in [5, 5.41) is 6.55. The molecule has 2 N–H and O–H groups in total. The number of fused-ring (bicyclic) bond motifs is 1. The molecule has 2 aromatic rings. The number of amides is 1. The second-order valence-corrected chi connectivity index (χ2v) is 10.5. The number of carbonyl (C=O) groups excluding carboxylic acids is 2. The van der Waals surface area contributed by atoms with Crippen molar-refractivity contribution in [3.63, 3.8) is 0 Å². The molecule has 2 aliphatic rings. The van der Waals surface area contributed by atoms with Crippen molar-refractivity contribution in [2.75, 3.05) is 58.9 Å². The smallest absolute Gasteiger partial charge is 0.329 e. The van der Waals surface area contributed by atoms with Gasteiger partial charge in [-0.3, -0.25) is 9.69 Å². The number of anilines is 1. The lowest BCUT2D eigenvalue weighted by Gasteiger charge is -2.40. The van der Waals surface area contributed by atoms with Gasteiger partial charge in [0.1, 0.15) is 11.9 Å². The van der Waals surface area contributed by atoms with Crippen LogP contribution in [0.1, 0.15) is 28.0 Å². The van der Waals surface area contributed by atoms with Gasteiger partial charge in [0.15, 0.2) is 0 Å². The van der Waals surface area contributed by atoms with Gasteiger partial charge in [0.05, 0.1) is 35.4 Å². The number of hydrogen-bond acceptors (Lipinski definition) is 8. The van der Waals surface area contributed by atoms with Crippen LogP contribution in [0.25, 0.3) is 0 Å². The Morgan fingerprint density at radius 3 is 2.66 bits per heavy atom. The Kier molecular flexibility index (Phi) is 10.2. The highest BCUT2D eigenvalue weighted by atomic mass is 35.5. The summed E-state index contributed by atoms with van der Waals surface area (Å²) in [5.41, 5.74) is 2.42. The molecule has 0 bridgehead atoms. The molecule has 1 saturated heterocycles. The van der Waals surface area contributed by atoms with Gasteiger partial charge in [-0.05, 0) is 43.0 Å². The van der Waals surface area contributed by atoms with Gasteiger partial charge in [0, 0.05) is 51.5 Å². The Hall–Kier alpha value is -2.43. The first kappa shape index (κ1) is 28.6. The van der Waals surface area contributed by atoms with Gasteiger partial charge in [-0.2, -0.15) is 0 Å². The number of pyridine rings is 1.